The lowest BCUT2D eigenvalue weighted by molar-refractivity contribution is -0.140. The Bertz CT molecular complexity index is 357. The standard InChI is InChI=1S/C12H25NO6S/c1-17-9-5-7-13(8-10-18-2)20(15,16)11-4-6-12(14)19-3/h4-11H2,1-3H3. The summed E-state index contributed by atoms with van der Waals surface area (Å²) < 4.78 is 40.1. The van der Waals surface area contributed by atoms with E-state index in [-0.39, 0.29) is 18.6 Å². The zero-order valence-electron chi connectivity index (χ0n) is 12.5. The summed E-state index contributed by atoms with van der Waals surface area (Å²) in [6, 6.07) is 0. The van der Waals surface area contributed by atoms with Gasteiger partial charge in [-0.2, -0.15) is 4.31 Å². The van der Waals surface area contributed by atoms with E-state index < -0.39 is 16.0 Å². The predicted octanol–water partition coefficient (Wildman–Crippen LogP) is 0.254. The number of esters is 1. The highest BCUT2D eigenvalue weighted by Crippen LogP contribution is 2.07. The van der Waals surface area contributed by atoms with Crippen molar-refractivity contribution in [2.24, 2.45) is 0 Å². The number of methoxy groups -OCH3 is 3. The van der Waals surface area contributed by atoms with Crippen molar-refractivity contribution >= 4 is 16.0 Å². The third kappa shape index (κ3) is 8.47. The minimum absolute atomic E-state index is 0.0706. The molecule has 0 rings (SSSR count). The molecule has 20 heavy (non-hydrogen) atoms. The van der Waals surface area contributed by atoms with Gasteiger partial charge in [0.1, 0.15) is 0 Å². The molecule has 8 heteroatoms. The van der Waals surface area contributed by atoms with E-state index in [0.717, 1.165) is 0 Å². The zero-order valence-corrected chi connectivity index (χ0v) is 13.3. The number of hydrogen-bond acceptors (Lipinski definition) is 6. The highest BCUT2D eigenvalue weighted by molar-refractivity contribution is 7.89. The maximum Gasteiger partial charge on any atom is 0.305 e. The van der Waals surface area contributed by atoms with Crippen molar-refractivity contribution in [3.8, 4) is 0 Å². The Morgan fingerprint density at radius 3 is 2.20 bits per heavy atom. The molecule has 0 aliphatic rings. The summed E-state index contributed by atoms with van der Waals surface area (Å²) in [6.45, 7) is 1.53. The fourth-order valence-corrected chi connectivity index (χ4v) is 3.13. The summed E-state index contributed by atoms with van der Waals surface area (Å²) in [4.78, 5) is 11.0. The first kappa shape index (κ1) is 19.3. The number of carbonyl (C=O) groups excluding carboxylic acids is 1. The molecule has 0 aromatic rings. The van der Waals surface area contributed by atoms with Crippen molar-refractivity contribution in [3.05, 3.63) is 0 Å². The number of carbonyl (C=O) groups is 1. The molecule has 0 heterocycles. The minimum atomic E-state index is -3.39. The van der Waals surface area contributed by atoms with Gasteiger partial charge in [0.2, 0.25) is 10.0 Å². The van der Waals surface area contributed by atoms with Gasteiger partial charge in [0, 0.05) is 40.3 Å². The molecule has 0 aliphatic carbocycles. The van der Waals surface area contributed by atoms with Crippen LogP contribution < -0.4 is 0 Å². The van der Waals surface area contributed by atoms with E-state index in [9.17, 15) is 13.2 Å². The molecule has 0 aromatic heterocycles. The molecule has 0 fully saturated rings. The van der Waals surface area contributed by atoms with Crippen LogP contribution in [-0.4, -0.2) is 72.1 Å². The van der Waals surface area contributed by atoms with Crippen LogP contribution in [-0.2, 0) is 29.0 Å². The molecule has 0 amide bonds. The van der Waals surface area contributed by atoms with Crippen LogP contribution in [0, 0.1) is 0 Å². The Balaban J connectivity index is 4.38. The average Bonchev–Trinajstić information content (AvgIpc) is 2.42. The van der Waals surface area contributed by atoms with Gasteiger partial charge in [0.25, 0.3) is 0 Å². The Morgan fingerprint density at radius 2 is 1.65 bits per heavy atom. The van der Waals surface area contributed by atoms with Crippen LogP contribution in [0.25, 0.3) is 0 Å². The van der Waals surface area contributed by atoms with Crippen LogP contribution in [0.15, 0.2) is 0 Å². The fraction of sp³-hybridized carbons (Fsp3) is 0.917. The van der Waals surface area contributed by atoms with Crippen molar-refractivity contribution in [1.82, 2.24) is 4.31 Å². The molecule has 0 aromatic carbocycles. The second-order valence-electron chi connectivity index (χ2n) is 4.23. The second kappa shape index (κ2) is 11.0. The third-order valence-corrected chi connectivity index (χ3v) is 4.66. The monoisotopic (exact) mass is 311 g/mol. The van der Waals surface area contributed by atoms with E-state index in [2.05, 4.69) is 4.74 Å². The minimum Gasteiger partial charge on any atom is -0.469 e. The van der Waals surface area contributed by atoms with Crippen molar-refractivity contribution in [1.29, 1.82) is 0 Å². The van der Waals surface area contributed by atoms with Crippen molar-refractivity contribution in [2.75, 3.05) is 53.4 Å². The summed E-state index contributed by atoms with van der Waals surface area (Å²) in [5, 5.41) is 0. The maximum atomic E-state index is 12.2. The van der Waals surface area contributed by atoms with Crippen molar-refractivity contribution in [2.45, 2.75) is 19.3 Å². The normalized spacial score (nSPS) is 11.8. The predicted molar refractivity (Wildman–Crippen MR) is 75.0 cm³/mol. The third-order valence-electron chi connectivity index (χ3n) is 2.71. The van der Waals surface area contributed by atoms with Gasteiger partial charge >= 0.3 is 5.97 Å². The molecule has 0 N–H and O–H groups in total. The summed E-state index contributed by atoms with van der Waals surface area (Å²) in [5.41, 5.74) is 0. The molecule has 120 valence electrons. The number of rotatable bonds is 12. The lowest BCUT2D eigenvalue weighted by Crippen LogP contribution is -2.37. The zero-order chi connectivity index (χ0) is 15.4. The molecule has 0 saturated carbocycles. The van der Waals surface area contributed by atoms with Gasteiger partial charge < -0.3 is 14.2 Å². The summed E-state index contributed by atoms with van der Waals surface area (Å²) in [6.07, 6.45) is 0.977. The molecule has 0 saturated heterocycles. The average molecular weight is 311 g/mol. The van der Waals surface area contributed by atoms with Crippen LogP contribution in [0.1, 0.15) is 19.3 Å². The van der Waals surface area contributed by atoms with Crippen LogP contribution in [0.2, 0.25) is 0 Å². The van der Waals surface area contributed by atoms with Gasteiger partial charge in [0.05, 0.1) is 19.5 Å². The van der Waals surface area contributed by atoms with E-state index >= 15 is 0 Å². The quantitative estimate of drug-likeness (QED) is 0.380. The number of nitrogens with zero attached hydrogens (tertiary/aromatic N) is 1. The maximum absolute atomic E-state index is 12.2. The van der Waals surface area contributed by atoms with Gasteiger partial charge in [0.15, 0.2) is 0 Å². The topological polar surface area (TPSA) is 82.1 Å². The number of sulfonamides is 1. The Morgan fingerprint density at radius 1 is 1.00 bits per heavy atom. The molecule has 0 bridgehead atoms. The fourth-order valence-electron chi connectivity index (χ4n) is 1.60. The van der Waals surface area contributed by atoms with E-state index in [4.69, 9.17) is 9.47 Å². The molecular formula is C12H25NO6S. The molecule has 0 atom stereocenters. The van der Waals surface area contributed by atoms with Crippen LogP contribution in [0.5, 0.6) is 0 Å². The smallest absolute Gasteiger partial charge is 0.305 e. The van der Waals surface area contributed by atoms with E-state index in [1.54, 1.807) is 7.11 Å². The molecule has 0 spiro atoms. The lowest BCUT2D eigenvalue weighted by atomic mass is 10.3. The van der Waals surface area contributed by atoms with Crippen molar-refractivity contribution in [3.63, 3.8) is 0 Å². The van der Waals surface area contributed by atoms with E-state index in [0.29, 0.717) is 32.7 Å². The van der Waals surface area contributed by atoms with Gasteiger partial charge in [-0.05, 0) is 12.8 Å². The second-order valence-corrected chi connectivity index (χ2v) is 6.32. The molecular weight excluding hydrogens is 286 g/mol. The number of ether oxygens (including phenoxy) is 3. The van der Waals surface area contributed by atoms with Crippen molar-refractivity contribution < 1.29 is 27.4 Å². The summed E-state index contributed by atoms with van der Waals surface area (Å²) in [5.74, 6) is -0.471. The SMILES string of the molecule is COCCCN(CCOC)S(=O)(=O)CCCC(=O)OC. The summed E-state index contributed by atoms with van der Waals surface area (Å²) in [7, 11) is 0.994. The molecule has 7 nitrogen and oxygen atoms in total. The lowest BCUT2D eigenvalue weighted by Gasteiger charge is -2.21. The highest BCUT2D eigenvalue weighted by Gasteiger charge is 2.21. The first-order valence-electron chi connectivity index (χ1n) is 6.50. The van der Waals surface area contributed by atoms with Gasteiger partial charge in [-0.25, -0.2) is 8.42 Å². The van der Waals surface area contributed by atoms with E-state index in [1.165, 1.54) is 18.5 Å². The summed E-state index contributed by atoms with van der Waals surface area (Å²) >= 11 is 0. The first-order chi connectivity index (χ1) is 9.47. The number of hydrogen-bond donors (Lipinski definition) is 0. The highest BCUT2D eigenvalue weighted by atomic mass is 32.2. The molecule has 0 unspecified atom stereocenters. The van der Waals surface area contributed by atoms with Gasteiger partial charge in [-0.3, -0.25) is 4.79 Å². The first-order valence-corrected chi connectivity index (χ1v) is 8.11. The Labute approximate surface area is 121 Å². The molecule has 0 radical (unpaired) electrons. The largest absolute Gasteiger partial charge is 0.469 e. The van der Waals surface area contributed by atoms with E-state index in [1.807, 2.05) is 0 Å². The van der Waals surface area contributed by atoms with Gasteiger partial charge in [-0.15, -0.1) is 0 Å². The Kier molecular flexibility index (Phi) is 10.6. The van der Waals surface area contributed by atoms with Crippen LogP contribution >= 0.6 is 0 Å². The molecule has 0 aliphatic heterocycles. The Hall–Kier alpha value is -0.700. The van der Waals surface area contributed by atoms with Crippen LogP contribution in [0.4, 0.5) is 0 Å². The van der Waals surface area contributed by atoms with Gasteiger partial charge in [-0.1, -0.05) is 0 Å². The van der Waals surface area contributed by atoms with Crippen LogP contribution in [0.3, 0.4) is 0 Å².